The number of fused-ring (bicyclic) bond motifs is 1. The summed E-state index contributed by atoms with van der Waals surface area (Å²) in [5.41, 5.74) is 3.93. The van der Waals surface area contributed by atoms with Crippen LogP contribution in [0, 0.1) is 17.1 Å². The topological polar surface area (TPSA) is 107 Å². The number of nitrogens with zero attached hydrogens (tertiary/aromatic N) is 4. The van der Waals surface area contributed by atoms with Crippen LogP contribution in [0.2, 0.25) is 0 Å². The van der Waals surface area contributed by atoms with E-state index in [0.717, 1.165) is 0 Å². The van der Waals surface area contributed by atoms with E-state index in [-0.39, 0.29) is 23.0 Å². The van der Waals surface area contributed by atoms with Crippen molar-refractivity contribution in [2.75, 3.05) is 5.43 Å². The molecule has 140 valence electrons. The number of hydrogen-bond donors (Lipinski definition) is 2. The molecular formula is C21H13FN6O. The maximum Gasteiger partial charge on any atom is 0.270 e. The van der Waals surface area contributed by atoms with Crippen molar-refractivity contribution < 1.29 is 4.39 Å². The van der Waals surface area contributed by atoms with Crippen molar-refractivity contribution in [3.05, 3.63) is 88.1 Å². The highest BCUT2D eigenvalue weighted by Crippen LogP contribution is 2.20. The van der Waals surface area contributed by atoms with Gasteiger partial charge in [0.15, 0.2) is 0 Å². The van der Waals surface area contributed by atoms with Gasteiger partial charge in [-0.15, -0.1) is 0 Å². The summed E-state index contributed by atoms with van der Waals surface area (Å²) < 4.78 is 13.9. The second-order valence-electron chi connectivity index (χ2n) is 6.02. The minimum absolute atomic E-state index is 0.0727. The monoisotopic (exact) mass is 384 g/mol. The third-order valence-electron chi connectivity index (χ3n) is 4.20. The molecule has 4 aromatic rings. The van der Waals surface area contributed by atoms with Crippen molar-refractivity contribution >= 4 is 23.1 Å². The van der Waals surface area contributed by atoms with E-state index < -0.39 is 5.56 Å². The molecule has 0 atom stereocenters. The summed E-state index contributed by atoms with van der Waals surface area (Å²) in [6.45, 7) is 0. The predicted octanol–water partition coefficient (Wildman–Crippen LogP) is 3.44. The molecule has 7 nitrogen and oxygen atoms in total. The Morgan fingerprint density at radius 3 is 2.76 bits per heavy atom. The molecule has 4 rings (SSSR count). The summed E-state index contributed by atoms with van der Waals surface area (Å²) in [7, 11) is 0. The number of nitrogens with one attached hydrogen (secondary N) is 2. The summed E-state index contributed by atoms with van der Waals surface area (Å²) >= 11 is 0. The van der Waals surface area contributed by atoms with E-state index in [1.807, 2.05) is 12.1 Å². The van der Waals surface area contributed by atoms with E-state index in [0.29, 0.717) is 22.0 Å². The summed E-state index contributed by atoms with van der Waals surface area (Å²) in [4.78, 5) is 23.2. The molecule has 0 aliphatic heterocycles. The number of aromatic nitrogens is 3. The first-order chi connectivity index (χ1) is 14.2. The predicted molar refractivity (Wildman–Crippen MR) is 108 cm³/mol. The van der Waals surface area contributed by atoms with Crippen LogP contribution in [0.5, 0.6) is 0 Å². The molecule has 29 heavy (non-hydrogen) atoms. The van der Waals surface area contributed by atoms with Crippen LogP contribution in [0.25, 0.3) is 22.2 Å². The van der Waals surface area contributed by atoms with E-state index in [4.69, 9.17) is 0 Å². The Hall–Kier alpha value is -4.38. The fraction of sp³-hybridized carbons (Fsp3) is 0. The van der Waals surface area contributed by atoms with Crippen molar-refractivity contribution in [3.63, 3.8) is 0 Å². The molecule has 0 aliphatic carbocycles. The van der Waals surface area contributed by atoms with Crippen LogP contribution in [-0.4, -0.2) is 21.2 Å². The van der Waals surface area contributed by atoms with Gasteiger partial charge in [-0.3, -0.25) is 14.8 Å². The molecule has 0 saturated carbocycles. The maximum atomic E-state index is 13.9. The van der Waals surface area contributed by atoms with Gasteiger partial charge in [0, 0.05) is 22.7 Å². The number of rotatable bonds is 4. The average Bonchev–Trinajstić information content (AvgIpc) is 2.76. The molecule has 0 radical (unpaired) electrons. The van der Waals surface area contributed by atoms with E-state index in [1.54, 1.807) is 48.7 Å². The molecule has 2 aromatic carbocycles. The van der Waals surface area contributed by atoms with E-state index in [1.165, 1.54) is 12.3 Å². The summed E-state index contributed by atoms with van der Waals surface area (Å²) in [5.74, 6) is -0.299. The quantitative estimate of drug-likeness (QED) is 0.414. The Labute approximate surface area is 164 Å². The highest BCUT2D eigenvalue weighted by Gasteiger charge is 2.13. The minimum atomic E-state index is -0.576. The Kier molecular flexibility index (Phi) is 4.78. The van der Waals surface area contributed by atoms with Crippen LogP contribution in [-0.2, 0) is 0 Å². The Morgan fingerprint density at radius 2 is 1.97 bits per heavy atom. The summed E-state index contributed by atoms with van der Waals surface area (Å²) in [6, 6.07) is 17.0. The fourth-order valence-corrected chi connectivity index (χ4v) is 2.86. The molecule has 8 heteroatoms. The molecule has 0 amide bonds. The number of halogens is 1. The van der Waals surface area contributed by atoms with Crippen LogP contribution in [0.1, 0.15) is 11.1 Å². The first-order valence-corrected chi connectivity index (χ1v) is 8.59. The first kappa shape index (κ1) is 18.0. The number of H-pyrrole nitrogens is 1. The van der Waals surface area contributed by atoms with Crippen molar-refractivity contribution in [2.45, 2.75) is 0 Å². The first-order valence-electron chi connectivity index (χ1n) is 8.59. The molecule has 0 spiro atoms. The van der Waals surface area contributed by atoms with Gasteiger partial charge < -0.3 is 0 Å². The Morgan fingerprint density at radius 1 is 1.14 bits per heavy atom. The molecular weight excluding hydrogens is 371 g/mol. The number of benzene rings is 2. The van der Waals surface area contributed by atoms with Gasteiger partial charge >= 0.3 is 0 Å². The summed E-state index contributed by atoms with van der Waals surface area (Å²) in [5, 5.41) is 13.8. The van der Waals surface area contributed by atoms with Crippen molar-refractivity contribution in [2.24, 2.45) is 5.10 Å². The van der Waals surface area contributed by atoms with Crippen LogP contribution in [0.3, 0.4) is 0 Å². The highest BCUT2D eigenvalue weighted by molar-refractivity contribution is 5.97. The van der Waals surface area contributed by atoms with Crippen LogP contribution in [0.4, 0.5) is 10.3 Å². The number of anilines is 1. The summed E-state index contributed by atoms with van der Waals surface area (Å²) in [6.07, 6.45) is 3.02. The molecule has 2 N–H and O–H groups in total. The lowest BCUT2D eigenvalue weighted by molar-refractivity contribution is 0.639. The second-order valence-corrected chi connectivity index (χ2v) is 6.02. The van der Waals surface area contributed by atoms with Gasteiger partial charge in [-0.05, 0) is 24.3 Å². The third-order valence-corrected chi connectivity index (χ3v) is 4.20. The normalized spacial score (nSPS) is 10.9. The zero-order chi connectivity index (χ0) is 20.2. The average molecular weight is 384 g/mol. The third kappa shape index (κ3) is 3.57. The molecule has 0 bridgehead atoms. The lowest BCUT2D eigenvalue weighted by atomic mass is 10.1. The van der Waals surface area contributed by atoms with Gasteiger partial charge in [-0.25, -0.2) is 14.8 Å². The Balaban J connectivity index is 1.68. The van der Waals surface area contributed by atoms with Crippen molar-refractivity contribution in [3.8, 4) is 17.3 Å². The molecule has 2 heterocycles. The number of hydrogen-bond acceptors (Lipinski definition) is 6. The zero-order valence-corrected chi connectivity index (χ0v) is 14.9. The maximum absolute atomic E-state index is 13.9. The number of hydrazone groups is 1. The lowest BCUT2D eigenvalue weighted by Crippen LogP contribution is -2.16. The lowest BCUT2D eigenvalue weighted by Gasteiger charge is -2.06. The van der Waals surface area contributed by atoms with Crippen LogP contribution in [0.15, 0.2) is 70.7 Å². The van der Waals surface area contributed by atoms with Gasteiger partial charge in [0.25, 0.3) is 5.56 Å². The van der Waals surface area contributed by atoms with Crippen molar-refractivity contribution in [1.82, 2.24) is 15.0 Å². The number of aromatic amines is 1. The fourth-order valence-electron chi connectivity index (χ4n) is 2.86. The SMILES string of the molecule is N#Cc1c(-c2ccccc2)nc(NN=Cc2ccc(F)c3cccnc23)[nH]c1=O. The van der Waals surface area contributed by atoms with Crippen LogP contribution >= 0.6 is 0 Å². The largest absolute Gasteiger partial charge is 0.290 e. The highest BCUT2D eigenvalue weighted by atomic mass is 19.1. The molecule has 0 saturated heterocycles. The smallest absolute Gasteiger partial charge is 0.270 e. The van der Waals surface area contributed by atoms with Gasteiger partial charge in [-0.2, -0.15) is 10.4 Å². The van der Waals surface area contributed by atoms with Crippen molar-refractivity contribution in [1.29, 1.82) is 5.26 Å². The molecule has 2 aromatic heterocycles. The standard InChI is InChI=1S/C21H13FN6O/c22-17-9-8-14(18-15(17)7-4-10-24-18)12-25-28-21-26-19(13-5-2-1-3-6-13)16(11-23)20(29)27-21/h1-10,12H,(H2,26,27,28,29). The second kappa shape index (κ2) is 7.70. The molecule has 0 aliphatic rings. The molecule has 0 fully saturated rings. The van der Waals surface area contributed by atoms with Crippen LogP contribution < -0.4 is 11.0 Å². The van der Waals surface area contributed by atoms with E-state index in [2.05, 4.69) is 25.5 Å². The van der Waals surface area contributed by atoms with Gasteiger partial charge in [-0.1, -0.05) is 30.3 Å². The van der Waals surface area contributed by atoms with E-state index >= 15 is 0 Å². The molecule has 0 unspecified atom stereocenters. The zero-order valence-electron chi connectivity index (χ0n) is 14.9. The van der Waals surface area contributed by atoms with E-state index in [9.17, 15) is 14.4 Å². The number of nitriles is 1. The Bertz CT molecular complexity index is 1320. The van der Waals surface area contributed by atoms with Gasteiger partial charge in [0.05, 0.1) is 17.4 Å². The van der Waals surface area contributed by atoms with Gasteiger partial charge in [0.1, 0.15) is 17.4 Å². The minimum Gasteiger partial charge on any atom is -0.290 e. The number of pyridine rings is 1. The van der Waals surface area contributed by atoms with Gasteiger partial charge in [0.2, 0.25) is 5.95 Å².